The van der Waals surface area contributed by atoms with E-state index in [9.17, 15) is 4.79 Å². The lowest BCUT2D eigenvalue weighted by molar-refractivity contribution is -0.113. The van der Waals surface area contributed by atoms with Crippen molar-refractivity contribution >= 4 is 23.4 Å². The first-order valence-electron chi connectivity index (χ1n) is 7.89. The van der Waals surface area contributed by atoms with Crippen LogP contribution in [0.15, 0.2) is 23.4 Å². The van der Waals surface area contributed by atoms with Crippen molar-refractivity contribution in [1.82, 2.24) is 9.97 Å². The van der Waals surface area contributed by atoms with Crippen molar-refractivity contribution in [3.8, 4) is 0 Å². The third-order valence-corrected chi connectivity index (χ3v) is 4.97. The normalized spacial score (nSPS) is 13.0. The van der Waals surface area contributed by atoms with Crippen LogP contribution in [0.5, 0.6) is 0 Å². The summed E-state index contributed by atoms with van der Waals surface area (Å²) >= 11 is 1.40. The Kier molecular flexibility index (Phi) is 4.66. The van der Waals surface area contributed by atoms with Crippen molar-refractivity contribution in [2.75, 3.05) is 11.1 Å². The number of amides is 1. The number of hydrogen-bond donors (Lipinski definition) is 1. The van der Waals surface area contributed by atoms with Crippen molar-refractivity contribution in [3.63, 3.8) is 0 Å². The van der Waals surface area contributed by atoms with E-state index in [-0.39, 0.29) is 5.91 Å². The van der Waals surface area contributed by atoms with Gasteiger partial charge in [0.1, 0.15) is 0 Å². The van der Waals surface area contributed by atoms with Crippen LogP contribution in [0.25, 0.3) is 0 Å². The average Bonchev–Trinajstić information content (AvgIpc) is 2.98. The van der Waals surface area contributed by atoms with Crippen LogP contribution < -0.4 is 5.32 Å². The molecule has 0 saturated heterocycles. The number of rotatable bonds is 4. The molecule has 0 aliphatic heterocycles. The summed E-state index contributed by atoms with van der Waals surface area (Å²) in [4.78, 5) is 21.3. The molecule has 0 saturated carbocycles. The molecule has 0 radical (unpaired) electrons. The van der Waals surface area contributed by atoms with Gasteiger partial charge in [0, 0.05) is 17.1 Å². The van der Waals surface area contributed by atoms with Crippen molar-refractivity contribution < 1.29 is 4.79 Å². The molecule has 1 N–H and O–H groups in total. The molecule has 1 aliphatic rings. The summed E-state index contributed by atoms with van der Waals surface area (Å²) in [6.45, 7) is 6.05. The molecule has 1 amide bonds. The smallest absolute Gasteiger partial charge is 0.234 e. The molecule has 5 heteroatoms. The predicted octanol–water partition coefficient (Wildman–Crippen LogP) is 3.62. The molecule has 1 aromatic carbocycles. The van der Waals surface area contributed by atoms with E-state index in [0.29, 0.717) is 10.9 Å². The summed E-state index contributed by atoms with van der Waals surface area (Å²) in [6.07, 6.45) is 3.27. The van der Waals surface area contributed by atoms with Crippen LogP contribution in [-0.4, -0.2) is 21.6 Å². The number of aryl methyl sites for hydroxylation is 4. The number of nitrogens with zero attached hydrogens (tertiary/aromatic N) is 2. The molecule has 0 unspecified atom stereocenters. The SMILES string of the molecule is Cc1ccc(C)c(NC(=O)CSc2nc(C)c3c(n2)CCC3)c1. The Morgan fingerprint density at radius 1 is 1.22 bits per heavy atom. The van der Waals surface area contributed by atoms with E-state index in [1.807, 2.05) is 39.0 Å². The average molecular weight is 327 g/mol. The van der Waals surface area contributed by atoms with Gasteiger partial charge >= 0.3 is 0 Å². The summed E-state index contributed by atoms with van der Waals surface area (Å²) < 4.78 is 0. The summed E-state index contributed by atoms with van der Waals surface area (Å²) in [5, 5.41) is 3.68. The number of anilines is 1. The number of hydrogen-bond acceptors (Lipinski definition) is 4. The molecule has 23 heavy (non-hydrogen) atoms. The van der Waals surface area contributed by atoms with Crippen LogP contribution in [0.1, 0.15) is 34.5 Å². The van der Waals surface area contributed by atoms with Crippen molar-refractivity contribution in [2.24, 2.45) is 0 Å². The molecule has 120 valence electrons. The zero-order valence-electron chi connectivity index (χ0n) is 13.8. The van der Waals surface area contributed by atoms with Crippen LogP contribution in [0.3, 0.4) is 0 Å². The molecule has 0 spiro atoms. The molecule has 0 fully saturated rings. The monoisotopic (exact) mass is 327 g/mol. The summed E-state index contributed by atoms with van der Waals surface area (Å²) in [5.41, 5.74) is 6.60. The minimum absolute atomic E-state index is 0.0227. The van der Waals surface area contributed by atoms with E-state index in [1.165, 1.54) is 17.3 Å². The Hall–Kier alpha value is -1.88. The molecule has 1 heterocycles. The fourth-order valence-electron chi connectivity index (χ4n) is 2.84. The van der Waals surface area contributed by atoms with E-state index in [1.54, 1.807) is 0 Å². The standard InChI is InChI=1S/C18H21N3OS/c1-11-7-8-12(2)16(9-11)20-17(22)10-23-18-19-13(3)14-5-4-6-15(14)21-18/h7-9H,4-6,10H2,1-3H3,(H,20,22). The van der Waals surface area contributed by atoms with Gasteiger partial charge in [-0.3, -0.25) is 4.79 Å². The number of benzene rings is 1. The highest BCUT2D eigenvalue weighted by molar-refractivity contribution is 7.99. The predicted molar refractivity (Wildman–Crippen MR) is 94.1 cm³/mol. The Balaban J connectivity index is 1.63. The van der Waals surface area contributed by atoms with Crippen LogP contribution >= 0.6 is 11.8 Å². The van der Waals surface area contributed by atoms with Crippen LogP contribution in [0.4, 0.5) is 5.69 Å². The van der Waals surface area contributed by atoms with E-state index in [2.05, 4.69) is 15.3 Å². The Morgan fingerprint density at radius 3 is 2.87 bits per heavy atom. The lowest BCUT2D eigenvalue weighted by Crippen LogP contribution is -2.15. The third kappa shape index (κ3) is 3.72. The van der Waals surface area contributed by atoms with Gasteiger partial charge in [-0.05, 0) is 62.8 Å². The van der Waals surface area contributed by atoms with Crippen molar-refractivity contribution in [3.05, 3.63) is 46.3 Å². The van der Waals surface area contributed by atoms with Crippen molar-refractivity contribution in [1.29, 1.82) is 0 Å². The molecule has 1 aliphatic carbocycles. The fourth-order valence-corrected chi connectivity index (χ4v) is 3.55. The van der Waals surface area contributed by atoms with Crippen LogP contribution in [0.2, 0.25) is 0 Å². The third-order valence-electron chi connectivity index (χ3n) is 4.12. The Labute approximate surface area is 141 Å². The van der Waals surface area contributed by atoms with Gasteiger partial charge in [-0.1, -0.05) is 23.9 Å². The largest absolute Gasteiger partial charge is 0.325 e. The maximum atomic E-state index is 12.2. The topological polar surface area (TPSA) is 54.9 Å². The lowest BCUT2D eigenvalue weighted by atomic mass is 10.1. The highest BCUT2D eigenvalue weighted by Crippen LogP contribution is 2.25. The maximum absolute atomic E-state index is 12.2. The molecule has 0 atom stereocenters. The van der Waals surface area contributed by atoms with Gasteiger partial charge in [0.15, 0.2) is 5.16 Å². The van der Waals surface area contributed by atoms with Gasteiger partial charge < -0.3 is 5.32 Å². The fraction of sp³-hybridized carbons (Fsp3) is 0.389. The number of carbonyl (C=O) groups is 1. The molecule has 2 aromatic rings. The minimum Gasteiger partial charge on any atom is -0.325 e. The summed E-state index contributed by atoms with van der Waals surface area (Å²) in [7, 11) is 0. The Bertz CT molecular complexity index is 758. The van der Waals surface area contributed by atoms with E-state index in [0.717, 1.165) is 47.5 Å². The van der Waals surface area contributed by atoms with E-state index in [4.69, 9.17) is 0 Å². The van der Waals surface area contributed by atoms with E-state index < -0.39 is 0 Å². The quantitative estimate of drug-likeness (QED) is 0.688. The number of nitrogens with one attached hydrogen (secondary N) is 1. The van der Waals surface area contributed by atoms with Gasteiger partial charge in [0.25, 0.3) is 0 Å². The molecular formula is C18H21N3OS. The lowest BCUT2D eigenvalue weighted by Gasteiger charge is -2.09. The van der Waals surface area contributed by atoms with Gasteiger partial charge in [-0.15, -0.1) is 0 Å². The molecular weight excluding hydrogens is 306 g/mol. The van der Waals surface area contributed by atoms with E-state index >= 15 is 0 Å². The molecule has 1 aromatic heterocycles. The second-order valence-corrected chi connectivity index (χ2v) is 6.97. The highest BCUT2D eigenvalue weighted by Gasteiger charge is 2.17. The second-order valence-electron chi connectivity index (χ2n) is 6.03. The minimum atomic E-state index is -0.0227. The number of aromatic nitrogens is 2. The highest BCUT2D eigenvalue weighted by atomic mass is 32.2. The molecule has 4 nitrogen and oxygen atoms in total. The first kappa shape index (κ1) is 16.0. The van der Waals surface area contributed by atoms with Gasteiger partial charge in [0.2, 0.25) is 5.91 Å². The number of carbonyl (C=O) groups excluding carboxylic acids is 1. The van der Waals surface area contributed by atoms with Gasteiger partial charge in [-0.25, -0.2) is 9.97 Å². The number of fused-ring (bicyclic) bond motifs is 1. The van der Waals surface area contributed by atoms with Gasteiger partial charge in [0.05, 0.1) is 5.75 Å². The van der Waals surface area contributed by atoms with Crippen LogP contribution in [-0.2, 0) is 17.6 Å². The first-order chi connectivity index (χ1) is 11.0. The van der Waals surface area contributed by atoms with Gasteiger partial charge in [-0.2, -0.15) is 0 Å². The zero-order valence-corrected chi connectivity index (χ0v) is 14.6. The molecule has 0 bridgehead atoms. The summed E-state index contributed by atoms with van der Waals surface area (Å²) in [5.74, 6) is 0.302. The number of thioether (sulfide) groups is 1. The first-order valence-corrected chi connectivity index (χ1v) is 8.88. The molecule has 3 rings (SSSR count). The second kappa shape index (κ2) is 6.71. The summed E-state index contributed by atoms with van der Waals surface area (Å²) in [6, 6.07) is 6.06. The van der Waals surface area contributed by atoms with Crippen molar-refractivity contribution in [2.45, 2.75) is 45.2 Å². The maximum Gasteiger partial charge on any atom is 0.234 e. The van der Waals surface area contributed by atoms with Crippen LogP contribution in [0, 0.1) is 20.8 Å². The zero-order chi connectivity index (χ0) is 16.4. The Morgan fingerprint density at radius 2 is 2.04 bits per heavy atom.